The van der Waals surface area contributed by atoms with Gasteiger partial charge < -0.3 is 10.4 Å². The number of carbonyl (C=O) groups is 2. The van der Waals surface area contributed by atoms with E-state index in [0.29, 0.717) is 23.7 Å². The van der Waals surface area contributed by atoms with Crippen molar-refractivity contribution in [1.82, 2.24) is 29.3 Å². The number of carboxylic acids is 1. The van der Waals surface area contributed by atoms with E-state index in [2.05, 4.69) is 36.5 Å². The van der Waals surface area contributed by atoms with E-state index in [1.165, 1.54) is 10.9 Å². The SMILES string of the molecule is Cc1nn(Cn2nc(C)c(NC(=O)c3ccnn3CCC(=O)O)c2C)c(C)c1Br. The van der Waals surface area contributed by atoms with Gasteiger partial charge in [0, 0.05) is 6.20 Å². The first-order chi connectivity index (χ1) is 13.7. The number of halogens is 1. The molecule has 3 heterocycles. The number of nitrogens with one attached hydrogen (secondary N) is 1. The molecule has 2 N–H and O–H groups in total. The molecule has 29 heavy (non-hydrogen) atoms. The first-order valence-corrected chi connectivity index (χ1v) is 9.76. The van der Waals surface area contributed by atoms with E-state index in [4.69, 9.17) is 5.11 Å². The molecule has 154 valence electrons. The van der Waals surface area contributed by atoms with E-state index >= 15 is 0 Å². The van der Waals surface area contributed by atoms with Crippen molar-refractivity contribution >= 4 is 33.5 Å². The molecule has 0 saturated heterocycles. The van der Waals surface area contributed by atoms with E-state index in [9.17, 15) is 9.59 Å². The van der Waals surface area contributed by atoms with Crippen molar-refractivity contribution < 1.29 is 14.7 Å². The van der Waals surface area contributed by atoms with Gasteiger partial charge >= 0.3 is 5.97 Å². The molecule has 10 nitrogen and oxygen atoms in total. The lowest BCUT2D eigenvalue weighted by Crippen LogP contribution is -2.20. The van der Waals surface area contributed by atoms with Crippen molar-refractivity contribution in [2.24, 2.45) is 0 Å². The molecule has 1 amide bonds. The molecule has 3 aromatic heterocycles. The minimum absolute atomic E-state index is 0.115. The van der Waals surface area contributed by atoms with Gasteiger partial charge in [-0.25, -0.2) is 9.36 Å². The van der Waals surface area contributed by atoms with Gasteiger partial charge in [-0.15, -0.1) is 0 Å². The quantitative estimate of drug-likeness (QED) is 0.555. The Morgan fingerprint density at radius 3 is 2.34 bits per heavy atom. The monoisotopic (exact) mass is 463 g/mol. The normalized spacial score (nSPS) is 11.1. The Labute approximate surface area is 175 Å². The first-order valence-electron chi connectivity index (χ1n) is 8.97. The van der Waals surface area contributed by atoms with Gasteiger partial charge in [-0.1, -0.05) is 0 Å². The Hall–Kier alpha value is -2.95. The summed E-state index contributed by atoms with van der Waals surface area (Å²) in [6, 6.07) is 1.56. The second-order valence-electron chi connectivity index (χ2n) is 6.71. The third-order valence-electron chi connectivity index (χ3n) is 4.67. The maximum atomic E-state index is 12.7. The smallest absolute Gasteiger partial charge is 0.305 e. The number of hydrogen-bond acceptors (Lipinski definition) is 5. The molecule has 0 spiro atoms. The van der Waals surface area contributed by atoms with Crippen molar-refractivity contribution in [3.05, 3.63) is 45.2 Å². The van der Waals surface area contributed by atoms with E-state index in [0.717, 1.165) is 21.6 Å². The van der Waals surface area contributed by atoms with Crippen LogP contribution in [-0.4, -0.2) is 46.3 Å². The topological polar surface area (TPSA) is 120 Å². The summed E-state index contributed by atoms with van der Waals surface area (Å²) in [4.78, 5) is 23.5. The Kier molecular flexibility index (Phi) is 5.87. The third kappa shape index (κ3) is 4.24. The molecule has 0 atom stereocenters. The van der Waals surface area contributed by atoms with Crippen LogP contribution in [0.1, 0.15) is 39.7 Å². The number of nitrogens with zero attached hydrogens (tertiary/aromatic N) is 6. The Morgan fingerprint density at radius 1 is 1.07 bits per heavy atom. The summed E-state index contributed by atoms with van der Waals surface area (Å²) >= 11 is 3.52. The highest BCUT2D eigenvalue weighted by atomic mass is 79.9. The summed E-state index contributed by atoms with van der Waals surface area (Å²) in [5, 5.41) is 24.8. The van der Waals surface area contributed by atoms with E-state index in [-0.39, 0.29) is 18.9 Å². The molecule has 3 aromatic rings. The summed E-state index contributed by atoms with van der Waals surface area (Å²) in [6.45, 7) is 8.12. The highest BCUT2D eigenvalue weighted by Gasteiger charge is 2.19. The van der Waals surface area contributed by atoms with Crippen LogP contribution >= 0.6 is 15.9 Å². The van der Waals surface area contributed by atoms with Gasteiger partial charge in [0.1, 0.15) is 12.4 Å². The number of aromatic nitrogens is 6. The zero-order valence-corrected chi connectivity index (χ0v) is 18.2. The number of rotatable bonds is 7. The second-order valence-corrected chi connectivity index (χ2v) is 7.50. The van der Waals surface area contributed by atoms with Gasteiger partial charge in [0.05, 0.1) is 45.9 Å². The lowest BCUT2D eigenvalue weighted by Gasteiger charge is -2.09. The van der Waals surface area contributed by atoms with Crippen molar-refractivity contribution in [2.75, 3.05) is 5.32 Å². The highest BCUT2D eigenvalue weighted by Crippen LogP contribution is 2.23. The van der Waals surface area contributed by atoms with Crippen LogP contribution < -0.4 is 5.32 Å². The molecule has 0 bridgehead atoms. The lowest BCUT2D eigenvalue weighted by atomic mass is 10.3. The number of aliphatic carboxylic acids is 1. The lowest BCUT2D eigenvalue weighted by molar-refractivity contribution is -0.137. The number of carbonyl (C=O) groups excluding carboxylic acids is 1. The van der Waals surface area contributed by atoms with Crippen LogP contribution in [0, 0.1) is 27.7 Å². The highest BCUT2D eigenvalue weighted by molar-refractivity contribution is 9.10. The molecule has 0 radical (unpaired) electrons. The molecule has 0 aliphatic rings. The third-order valence-corrected chi connectivity index (χ3v) is 5.82. The average molecular weight is 464 g/mol. The first kappa shape index (κ1) is 20.8. The predicted octanol–water partition coefficient (Wildman–Crippen LogP) is 2.51. The molecule has 0 aliphatic carbocycles. The second kappa shape index (κ2) is 8.19. The van der Waals surface area contributed by atoms with Crippen LogP contribution in [-0.2, 0) is 18.0 Å². The van der Waals surface area contributed by atoms with Crippen LogP contribution in [0.2, 0.25) is 0 Å². The minimum Gasteiger partial charge on any atom is -0.481 e. The summed E-state index contributed by atoms with van der Waals surface area (Å²) in [6.07, 6.45) is 1.36. The molecule has 0 unspecified atom stereocenters. The Bertz CT molecular complexity index is 1080. The van der Waals surface area contributed by atoms with Gasteiger partial charge in [-0.2, -0.15) is 15.3 Å². The molecular formula is C18H22BrN7O3. The molecule has 0 fully saturated rings. The van der Waals surface area contributed by atoms with Gasteiger partial charge in [-0.3, -0.25) is 14.3 Å². The summed E-state index contributed by atoms with van der Waals surface area (Å²) in [5.41, 5.74) is 4.25. The fourth-order valence-corrected chi connectivity index (χ4v) is 3.32. The van der Waals surface area contributed by atoms with Crippen LogP contribution in [0.4, 0.5) is 5.69 Å². The van der Waals surface area contributed by atoms with Crippen molar-refractivity contribution in [2.45, 2.75) is 47.3 Å². The van der Waals surface area contributed by atoms with E-state index in [1.54, 1.807) is 10.7 Å². The minimum atomic E-state index is -0.949. The van der Waals surface area contributed by atoms with Gasteiger partial charge in [0.25, 0.3) is 5.91 Å². The number of anilines is 1. The molecule has 0 aliphatic heterocycles. The van der Waals surface area contributed by atoms with Crippen molar-refractivity contribution in [3.8, 4) is 0 Å². The maximum Gasteiger partial charge on any atom is 0.305 e. The Balaban J connectivity index is 1.80. The number of aryl methyl sites for hydroxylation is 3. The van der Waals surface area contributed by atoms with Crippen LogP contribution in [0.25, 0.3) is 0 Å². The van der Waals surface area contributed by atoms with Crippen LogP contribution in [0.15, 0.2) is 16.7 Å². The summed E-state index contributed by atoms with van der Waals surface area (Å²) in [5.74, 6) is -1.32. The fraction of sp³-hybridized carbons (Fsp3) is 0.389. The van der Waals surface area contributed by atoms with Crippen molar-refractivity contribution in [1.29, 1.82) is 0 Å². The van der Waals surface area contributed by atoms with Crippen LogP contribution in [0.3, 0.4) is 0 Å². The molecule has 3 rings (SSSR count). The maximum absolute atomic E-state index is 12.7. The molecule has 0 aromatic carbocycles. The molecule has 0 saturated carbocycles. The number of amides is 1. The largest absolute Gasteiger partial charge is 0.481 e. The summed E-state index contributed by atoms with van der Waals surface area (Å²) < 4.78 is 5.96. The zero-order valence-electron chi connectivity index (χ0n) is 16.6. The molecule has 11 heteroatoms. The molecular weight excluding hydrogens is 442 g/mol. The Morgan fingerprint density at radius 2 is 1.72 bits per heavy atom. The number of carboxylic acid groups (broad SMARTS) is 1. The fourth-order valence-electron chi connectivity index (χ4n) is 3.04. The van der Waals surface area contributed by atoms with Gasteiger partial charge in [0.2, 0.25) is 0 Å². The van der Waals surface area contributed by atoms with Crippen LogP contribution in [0.5, 0.6) is 0 Å². The average Bonchev–Trinajstić information content (AvgIpc) is 3.30. The number of hydrogen-bond donors (Lipinski definition) is 2. The summed E-state index contributed by atoms with van der Waals surface area (Å²) in [7, 11) is 0. The standard InChI is InChI=1S/C18H22BrN7O3/c1-10-16(19)12(3)25(22-10)9-26-13(4)17(11(2)23-26)21-18(29)14-5-7-20-24(14)8-6-15(27)28/h5,7H,6,8-9H2,1-4H3,(H,21,29)(H,27,28). The van der Waals surface area contributed by atoms with E-state index in [1.807, 2.05) is 32.4 Å². The van der Waals surface area contributed by atoms with E-state index < -0.39 is 5.97 Å². The van der Waals surface area contributed by atoms with Crippen molar-refractivity contribution in [3.63, 3.8) is 0 Å². The zero-order chi connectivity index (χ0) is 21.3. The van der Waals surface area contributed by atoms with Gasteiger partial charge in [-0.05, 0) is 49.7 Å². The predicted molar refractivity (Wildman–Crippen MR) is 109 cm³/mol. The van der Waals surface area contributed by atoms with Gasteiger partial charge in [0.15, 0.2) is 0 Å².